The smallest absolute Gasteiger partial charge is 0.395 e. The number of halogens is 3. The predicted octanol–water partition coefficient (Wildman–Crippen LogP) is 5.26. The zero-order valence-corrected chi connectivity index (χ0v) is 28.0. The molecule has 0 spiro atoms. The van der Waals surface area contributed by atoms with Crippen LogP contribution in [0.3, 0.4) is 0 Å². The van der Waals surface area contributed by atoms with Gasteiger partial charge in [-0.1, -0.05) is 73.7 Å². The van der Waals surface area contributed by atoms with Crippen LogP contribution in [0.1, 0.15) is 67.3 Å². The van der Waals surface area contributed by atoms with Crippen molar-refractivity contribution in [3.63, 3.8) is 0 Å². The molecular weight excluding hydrogens is 651 g/mol. The standard InChI is InChI=1S/C38H44F3N3O6/c1-24-33(21-43-17-3-7-31(43)23-46)49-36(50-34(24)28-11-9-25(22-45)10-12-28)29-15-13-27(14-16-29)30-6-2-5-26(19-30)20-42-35(47)32-8-4-18-44(32)37(48)38(39,40)41/h2,5-6,9-16,19,24,31-34,36,45-46H,3-4,7-8,17-18,20-23H2,1H3,(H,42,47)/t24-,31-,32-,33+,34+,36+/m0/s1. The molecule has 3 heterocycles. The lowest BCUT2D eigenvalue weighted by molar-refractivity contribution is -0.276. The Kier molecular flexibility index (Phi) is 11.2. The van der Waals surface area contributed by atoms with Gasteiger partial charge in [0.2, 0.25) is 5.91 Å². The van der Waals surface area contributed by atoms with E-state index in [9.17, 15) is 33.0 Å². The molecule has 0 saturated carbocycles. The van der Waals surface area contributed by atoms with Gasteiger partial charge >= 0.3 is 12.1 Å². The Morgan fingerprint density at radius 3 is 2.30 bits per heavy atom. The summed E-state index contributed by atoms with van der Waals surface area (Å²) in [4.78, 5) is 27.5. The van der Waals surface area contributed by atoms with Crippen LogP contribution < -0.4 is 5.32 Å². The minimum Gasteiger partial charge on any atom is -0.395 e. The summed E-state index contributed by atoms with van der Waals surface area (Å²) in [6.45, 7) is 3.80. The summed E-state index contributed by atoms with van der Waals surface area (Å²) in [6.07, 6.45) is -3.54. The summed E-state index contributed by atoms with van der Waals surface area (Å²) in [5, 5.41) is 22.2. The second kappa shape index (κ2) is 15.6. The maximum absolute atomic E-state index is 13.0. The van der Waals surface area contributed by atoms with E-state index in [1.165, 1.54) is 0 Å². The topological polar surface area (TPSA) is 112 Å². The third kappa shape index (κ3) is 8.05. The maximum atomic E-state index is 13.0. The van der Waals surface area contributed by atoms with Crippen molar-refractivity contribution in [1.29, 1.82) is 0 Å². The number of rotatable bonds is 10. The average molecular weight is 696 g/mol. The number of hydrogen-bond donors (Lipinski definition) is 3. The Balaban J connectivity index is 1.15. The molecule has 3 aliphatic heterocycles. The number of carbonyl (C=O) groups is 2. The summed E-state index contributed by atoms with van der Waals surface area (Å²) in [5.41, 5.74) is 5.24. The van der Waals surface area contributed by atoms with Gasteiger partial charge in [-0.3, -0.25) is 14.5 Å². The number of nitrogens with zero attached hydrogens (tertiary/aromatic N) is 2. The molecule has 0 bridgehead atoms. The Morgan fingerprint density at radius 1 is 0.880 bits per heavy atom. The highest BCUT2D eigenvalue weighted by atomic mass is 19.4. The van der Waals surface area contributed by atoms with Crippen LogP contribution in [0.25, 0.3) is 11.1 Å². The number of aliphatic hydroxyl groups excluding tert-OH is 2. The summed E-state index contributed by atoms with van der Waals surface area (Å²) in [5.74, 6) is -2.56. The van der Waals surface area contributed by atoms with Gasteiger partial charge in [0.25, 0.3) is 0 Å². The van der Waals surface area contributed by atoms with E-state index >= 15 is 0 Å². The van der Waals surface area contributed by atoms with E-state index in [0.29, 0.717) is 17.9 Å². The first-order valence-electron chi connectivity index (χ1n) is 17.3. The first-order valence-corrected chi connectivity index (χ1v) is 17.3. The third-order valence-electron chi connectivity index (χ3n) is 10.2. The van der Waals surface area contributed by atoms with Crippen molar-refractivity contribution < 1.29 is 42.4 Å². The number of nitrogens with one attached hydrogen (secondary N) is 1. The van der Waals surface area contributed by atoms with Gasteiger partial charge in [0.1, 0.15) is 6.04 Å². The number of benzene rings is 3. The monoisotopic (exact) mass is 695 g/mol. The first kappa shape index (κ1) is 36.0. The van der Waals surface area contributed by atoms with Gasteiger partial charge in [0.15, 0.2) is 6.29 Å². The fraction of sp³-hybridized carbons (Fsp3) is 0.474. The van der Waals surface area contributed by atoms with Crippen molar-refractivity contribution in [2.75, 3.05) is 26.2 Å². The number of amides is 2. The fourth-order valence-electron chi connectivity index (χ4n) is 7.35. The molecule has 9 nitrogen and oxygen atoms in total. The van der Waals surface area contributed by atoms with E-state index < -0.39 is 30.3 Å². The molecule has 2 amide bonds. The van der Waals surface area contributed by atoms with E-state index in [1.807, 2.05) is 72.8 Å². The highest BCUT2D eigenvalue weighted by molar-refractivity contribution is 5.90. The maximum Gasteiger partial charge on any atom is 0.471 e. The molecule has 3 fully saturated rings. The second-order valence-corrected chi connectivity index (χ2v) is 13.5. The van der Waals surface area contributed by atoms with Crippen LogP contribution >= 0.6 is 0 Å². The van der Waals surface area contributed by atoms with Crippen molar-refractivity contribution >= 4 is 11.8 Å². The van der Waals surface area contributed by atoms with Crippen LogP contribution in [0.15, 0.2) is 72.8 Å². The minimum atomic E-state index is -5.02. The molecule has 3 N–H and O–H groups in total. The molecule has 12 heteroatoms. The zero-order chi connectivity index (χ0) is 35.4. The van der Waals surface area contributed by atoms with Crippen molar-refractivity contribution in [3.05, 3.63) is 95.1 Å². The van der Waals surface area contributed by atoms with E-state index in [4.69, 9.17) is 9.47 Å². The number of alkyl halides is 3. The molecule has 0 unspecified atom stereocenters. The van der Waals surface area contributed by atoms with Crippen molar-refractivity contribution in [3.8, 4) is 11.1 Å². The Labute approximate surface area is 290 Å². The molecule has 0 aliphatic carbocycles. The van der Waals surface area contributed by atoms with Crippen LogP contribution in [-0.4, -0.2) is 82.4 Å². The lowest BCUT2D eigenvalue weighted by Gasteiger charge is -2.43. The van der Waals surface area contributed by atoms with Crippen LogP contribution in [-0.2, 0) is 32.2 Å². The zero-order valence-electron chi connectivity index (χ0n) is 28.0. The normalized spacial score (nSPS) is 25.9. The second-order valence-electron chi connectivity index (χ2n) is 13.5. The molecule has 0 radical (unpaired) electrons. The molecule has 3 saturated heterocycles. The van der Waals surface area contributed by atoms with Gasteiger partial charge in [-0.05, 0) is 66.1 Å². The fourth-order valence-corrected chi connectivity index (χ4v) is 7.35. The van der Waals surface area contributed by atoms with Crippen molar-refractivity contribution in [2.24, 2.45) is 5.92 Å². The van der Waals surface area contributed by atoms with Gasteiger partial charge in [-0.15, -0.1) is 0 Å². The highest BCUT2D eigenvalue weighted by Gasteiger charge is 2.47. The van der Waals surface area contributed by atoms with Crippen LogP contribution in [0, 0.1) is 5.92 Å². The molecule has 3 aliphatic rings. The number of ether oxygens (including phenoxy) is 2. The Morgan fingerprint density at radius 2 is 1.60 bits per heavy atom. The summed E-state index contributed by atoms with van der Waals surface area (Å²) < 4.78 is 52.3. The largest absolute Gasteiger partial charge is 0.471 e. The van der Waals surface area contributed by atoms with Crippen molar-refractivity contribution in [1.82, 2.24) is 15.1 Å². The Hall–Kier alpha value is -3.81. The predicted molar refractivity (Wildman–Crippen MR) is 179 cm³/mol. The van der Waals surface area contributed by atoms with Crippen LogP contribution in [0.2, 0.25) is 0 Å². The van der Waals surface area contributed by atoms with Crippen LogP contribution in [0.5, 0.6) is 0 Å². The third-order valence-corrected chi connectivity index (χ3v) is 10.2. The van der Waals surface area contributed by atoms with Gasteiger partial charge < -0.3 is 29.9 Å². The molecule has 6 atom stereocenters. The number of aliphatic hydroxyl groups is 2. The lowest BCUT2D eigenvalue weighted by atomic mass is 9.89. The van der Waals surface area contributed by atoms with E-state index in [2.05, 4.69) is 17.1 Å². The number of hydrogen-bond acceptors (Lipinski definition) is 7. The quantitative estimate of drug-likeness (QED) is 0.265. The molecule has 3 aromatic rings. The summed E-state index contributed by atoms with van der Waals surface area (Å²) >= 11 is 0. The summed E-state index contributed by atoms with van der Waals surface area (Å²) in [6, 6.07) is 22.2. The molecular formula is C38H44F3N3O6. The van der Waals surface area contributed by atoms with Gasteiger partial charge in [0.05, 0.1) is 25.4 Å². The van der Waals surface area contributed by atoms with E-state index in [-0.39, 0.29) is 56.9 Å². The average Bonchev–Trinajstić information content (AvgIpc) is 3.81. The van der Waals surface area contributed by atoms with Crippen molar-refractivity contribution in [2.45, 2.75) is 82.5 Å². The van der Waals surface area contributed by atoms with Gasteiger partial charge in [0, 0.05) is 37.2 Å². The Bertz CT molecular complexity index is 1620. The summed E-state index contributed by atoms with van der Waals surface area (Å²) in [7, 11) is 0. The molecule has 0 aromatic heterocycles. The van der Waals surface area contributed by atoms with Crippen LogP contribution in [0.4, 0.5) is 13.2 Å². The number of carbonyl (C=O) groups excluding carboxylic acids is 2. The van der Waals surface area contributed by atoms with Gasteiger partial charge in [-0.25, -0.2) is 0 Å². The molecule has 268 valence electrons. The first-order chi connectivity index (χ1) is 24.0. The molecule has 3 aromatic carbocycles. The molecule has 6 rings (SSSR count). The molecule has 50 heavy (non-hydrogen) atoms. The van der Waals surface area contributed by atoms with E-state index in [1.54, 1.807) is 0 Å². The highest BCUT2D eigenvalue weighted by Crippen LogP contribution is 2.42. The van der Waals surface area contributed by atoms with Gasteiger partial charge in [-0.2, -0.15) is 13.2 Å². The lowest BCUT2D eigenvalue weighted by Crippen LogP contribution is -2.50. The van der Waals surface area contributed by atoms with E-state index in [0.717, 1.165) is 52.8 Å². The SMILES string of the molecule is C[C@H]1[C@@H](CN2CCC[C@H]2CO)O[C@@H](c2ccc(-c3cccc(CNC(=O)[C@@H]4CCCN4C(=O)C(F)(F)F)c3)cc2)O[C@H]1c1ccc(CO)cc1. The number of likely N-dealkylation sites (tertiary alicyclic amines) is 2. The minimum absolute atomic E-state index is 0.0237.